The second kappa shape index (κ2) is 4.49. The Kier molecular flexibility index (Phi) is 3.27. The topological polar surface area (TPSA) is 64.8 Å². The molecule has 0 radical (unpaired) electrons. The minimum Gasteiger partial charge on any atom is -0.237 e. The van der Waals surface area contributed by atoms with Crippen LogP contribution in [-0.2, 0) is 15.2 Å². The first-order chi connectivity index (χ1) is 8.68. The average Bonchev–Trinajstić information content (AvgIpc) is 2.77. The van der Waals surface area contributed by atoms with Crippen LogP contribution in [0.4, 0.5) is 13.2 Å². The Hall–Kier alpha value is -1.61. The smallest absolute Gasteiger partial charge is 0.237 e. The van der Waals surface area contributed by atoms with E-state index in [0.29, 0.717) is 6.20 Å². The zero-order chi connectivity index (χ0) is 14.3. The van der Waals surface area contributed by atoms with Crippen molar-refractivity contribution in [2.24, 2.45) is 0 Å². The van der Waals surface area contributed by atoms with Gasteiger partial charge in [0.25, 0.3) is 9.05 Å². The van der Waals surface area contributed by atoms with Gasteiger partial charge in [-0.3, -0.25) is 0 Å². The van der Waals surface area contributed by atoms with Crippen LogP contribution in [0.3, 0.4) is 0 Å². The van der Waals surface area contributed by atoms with Crippen molar-refractivity contribution in [1.82, 2.24) is 14.8 Å². The normalized spacial score (nSPS) is 12.6. The van der Waals surface area contributed by atoms with Crippen LogP contribution in [0.2, 0.25) is 0 Å². The molecule has 2 rings (SSSR count). The number of alkyl halides is 3. The fourth-order valence-electron chi connectivity index (χ4n) is 1.25. The van der Waals surface area contributed by atoms with Crippen molar-refractivity contribution in [2.45, 2.75) is 11.1 Å². The van der Waals surface area contributed by atoms with Gasteiger partial charge in [0, 0.05) is 16.9 Å². The largest absolute Gasteiger partial charge is 0.417 e. The second-order valence-corrected chi connectivity index (χ2v) is 6.03. The SMILES string of the molecule is O=S(=O)(Cl)c1cnn(-c2ccc(C(F)(F)F)cn2)c1. The molecule has 10 heteroatoms. The second-order valence-electron chi connectivity index (χ2n) is 3.46. The summed E-state index contributed by atoms with van der Waals surface area (Å²) < 4.78 is 60.0. The third kappa shape index (κ3) is 3.04. The lowest BCUT2D eigenvalue weighted by atomic mass is 10.3. The fraction of sp³-hybridized carbons (Fsp3) is 0.111. The first kappa shape index (κ1) is 13.8. The van der Waals surface area contributed by atoms with E-state index in [-0.39, 0.29) is 10.7 Å². The molecule has 0 aliphatic rings. The Balaban J connectivity index is 2.36. The van der Waals surface area contributed by atoms with Crippen LogP contribution in [0, 0.1) is 0 Å². The van der Waals surface area contributed by atoms with Crippen molar-refractivity contribution in [3.8, 4) is 5.82 Å². The molecule has 0 saturated carbocycles. The van der Waals surface area contributed by atoms with Crippen LogP contribution in [0.1, 0.15) is 5.56 Å². The molecule has 0 saturated heterocycles. The van der Waals surface area contributed by atoms with Gasteiger partial charge < -0.3 is 0 Å². The van der Waals surface area contributed by atoms with E-state index in [1.54, 1.807) is 0 Å². The maximum Gasteiger partial charge on any atom is 0.417 e. The number of pyridine rings is 1. The molecule has 2 heterocycles. The summed E-state index contributed by atoms with van der Waals surface area (Å²) in [6.45, 7) is 0. The lowest BCUT2D eigenvalue weighted by Crippen LogP contribution is -2.06. The van der Waals surface area contributed by atoms with E-state index >= 15 is 0 Å². The molecule has 0 amide bonds. The van der Waals surface area contributed by atoms with E-state index in [0.717, 1.165) is 29.2 Å². The number of halogens is 4. The van der Waals surface area contributed by atoms with Crippen LogP contribution in [0.15, 0.2) is 35.6 Å². The van der Waals surface area contributed by atoms with Crippen LogP contribution < -0.4 is 0 Å². The molecule has 0 N–H and O–H groups in total. The van der Waals surface area contributed by atoms with E-state index in [9.17, 15) is 21.6 Å². The number of rotatable bonds is 2. The zero-order valence-corrected chi connectivity index (χ0v) is 10.5. The molecule has 0 aromatic carbocycles. The van der Waals surface area contributed by atoms with Crippen LogP contribution in [0.5, 0.6) is 0 Å². The van der Waals surface area contributed by atoms with Crippen LogP contribution >= 0.6 is 10.7 Å². The van der Waals surface area contributed by atoms with Crippen molar-refractivity contribution >= 4 is 19.7 Å². The van der Waals surface area contributed by atoms with Crippen molar-refractivity contribution in [1.29, 1.82) is 0 Å². The monoisotopic (exact) mass is 311 g/mol. The van der Waals surface area contributed by atoms with Crippen molar-refractivity contribution < 1.29 is 21.6 Å². The van der Waals surface area contributed by atoms with E-state index < -0.39 is 20.8 Å². The number of aromatic nitrogens is 3. The van der Waals surface area contributed by atoms with Crippen molar-refractivity contribution in [2.75, 3.05) is 0 Å². The van der Waals surface area contributed by atoms with Gasteiger partial charge in [-0.05, 0) is 12.1 Å². The highest BCUT2D eigenvalue weighted by Crippen LogP contribution is 2.28. The number of nitrogens with zero attached hydrogens (tertiary/aromatic N) is 3. The van der Waals surface area contributed by atoms with E-state index in [1.807, 2.05) is 0 Å². The molecule has 5 nitrogen and oxygen atoms in total. The van der Waals surface area contributed by atoms with E-state index in [4.69, 9.17) is 10.7 Å². The Morgan fingerprint density at radius 3 is 2.32 bits per heavy atom. The zero-order valence-electron chi connectivity index (χ0n) is 8.96. The number of hydrogen-bond acceptors (Lipinski definition) is 4. The van der Waals surface area contributed by atoms with E-state index in [2.05, 4.69) is 10.1 Å². The highest BCUT2D eigenvalue weighted by atomic mass is 35.7. The van der Waals surface area contributed by atoms with Gasteiger partial charge in [0.15, 0.2) is 5.82 Å². The van der Waals surface area contributed by atoms with Crippen molar-refractivity contribution in [3.05, 3.63) is 36.3 Å². The molecule has 0 spiro atoms. The summed E-state index contributed by atoms with van der Waals surface area (Å²) in [5.74, 6) is 0.0413. The molecule has 0 bridgehead atoms. The Morgan fingerprint density at radius 1 is 1.21 bits per heavy atom. The van der Waals surface area contributed by atoms with Gasteiger partial charge in [-0.25, -0.2) is 18.1 Å². The first-order valence-electron chi connectivity index (χ1n) is 4.71. The van der Waals surface area contributed by atoms with Gasteiger partial charge >= 0.3 is 6.18 Å². The predicted octanol–water partition coefficient (Wildman–Crippen LogP) is 2.21. The molecular weight excluding hydrogens is 307 g/mol. The average molecular weight is 312 g/mol. The van der Waals surface area contributed by atoms with Gasteiger partial charge in [0.2, 0.25) is 0 Å². The highest BCUT2D eigenvalue weighted by molar-refractivity contribution is 8.13. The van der Waals surface area contributed by atoms with Crippen LogP contribution in [0.25, 0.3) is 5.82 Å². The van der Waals surface area contributed by atoms with Gasteiger partial charge in [0.1, 0.15) is 4.90 Å². The molecule has 0 aliphatic carbocycles. The summed E-state index contributed by atoms with van der Waals surface area (Å²) >= 11 is 0. The summed E-state index contributed by atoms with van der Waals surface area (Å²) in [5, 5.41) is 3.65. The van der Waals surface area contributed by atoms with Gasteiger partial charge in [0.05, 0.1) is 18.0 Å². The van der Waals surface area contributed by atoms with Crippen LogP contribution in [-0.4, -0.2) is 23.2 Å². The van der Waals surface area contributed by atoms with Crippen molar-refractivity contribution in [3.63, 3.8) is 0 Å². The molecule has 0 unspecified atom stereocenters. The first-order valence-corrected chi connectivity index (χ1v) is 7.02. The fourth-order valence-corrected chi connectivity index (χ4v) is 1.88. The summed E-state index contributed by atoms with van der Waals surface area (Å²) in [7, 11) is 1.15. The Bertz CT molecular complexity index is 694. The quantitative estimate of drug-likeness (QED) is 0.798. The van der Waals surface area contributed by atoms with E-state index in [1.165, 1.54) is 0 Å². The predicted molar refractivity (Wildman–Crippen MR) is 59.4 cm³/mol. The highest BCUT2D eigenvalue weighted by Gasteiger charge is 2.30. The Morgan fingerprint density at radius 2 is 1.89 bits per heavy atom. The lowest BCUT2D eigenvalue weighted by Gasteiger charge is -2.06. The standard InChI is InChI=1S/C9H5ClF3N3O2S/c10-19(17,18)7-4-15-16(5-7)8-2-1-6(3-14-8)9(11,12)13/h1-5H. The summed E-state index contributed by atoms with van der Waals surface area (Å²) in [6, 6.07) is 1.89. The lowest BCUT2D eigenvalue weighted by molar-refractivity contribution is -0.137. The molecule has 102 valence electrons. The summed E-state index contributed by atoms with van der Waals surface area (Å²) in [4.78, 5) is 3.29. The maximum absolute atomic E-state index is 12.3. The molecule has 0 aliphatic heterocycles. The van der Waals surface area contributed by atoms with Gasteiger partial charge in [-0.15, -0.1) is 0 Å². The molecule has 0 fully saturated rings. The molecule has 19 heavy (non-hydrogen) atoms. The summed E-state index contributed by atoms with van der Waals surface area (Å²) in [5.41, 5.74) is -0.909. The third-order valence-electron chi connectivity index (χ3n) is 2.15. The number of hydrogen-bond donors (Lipinski definition) is 0. The molecule has 2 aromatic heterocycles. The van der Waals surface area contributed by atoms with Gasteiger partial charge in [-0.2, -0.15) is 18.3 Å². The molecule has 2 aromatic rings. The maximum atomic E-state index is 12.3. The molecular formula is C9H5ClF3N3O2S. The van der Waals surface area contributed by atoms with Gasteiger partial charge in [-0.1, -0.05) is 0 Å². The minimum atomic E-state index is -4.49. The Labute approximate surface area is 110 Å². The summed E-state index contributed by atoms with van der Waals surface area (Å²) in [6.07, 6.45) is -1.83. The minimum absolute atomic E-state index is 0.0413. The third-order valence-corrected chi connectivity index (χ3v) is 3.46. The molecule has 0 atom stereocenters.